The van der Waals surface area contributed by atoms with Crippen LogP contribution < -0.4 is 4.74 Å². The Morgan fingerprint density at radius 3 is 1.71 bits per heavy atom. The summed E-state index contributed by atoms with van der Waals surface area (Å²) in [6, 6.07) is 75.6. The molecular formula is C64H47N3OPt. The maximum absolute atomic E-state index is 8.83. The molecule has 0 atom stereocenters. The van der Waals surface area contributed by atoms with Gasteiger partial charge in [-0.2, -0.15) is 7.11 Å². The molecule has 11 rings (SSSR count). The van der Waals surface area contributed by atoms with Gasteiger partial charge >= 0.3 is 21.1 Å². The Labute approximate surface area is 423 Å². The number of aromatic nitrogens is 3. The van der Waals surface area contributed by atoms with E-state index in [9.17, 15) is 0 Å². The zero-order valence-electron chi connectivity index (χ0n) is 41.1. The fraction of sp³-hybridized carbons (Fsp3) is 0.0469. The van der Waals surface area contributed by atoms with E-state index in [4.69, 9.17) is 18.8 Å². The summed E-state index contributed by atoms with van der Waals surface area (Å²) in [4.78, 5) is 10.6. The standard InChI is InChI=1S/C64H47N3O.Pt/c1-42-34-44(3)63(68-4)58(35-42)64-66-62-55(26-17-27-60(62)67(64)61-41-56(49-22-13-7-14-23-49)43(2)36-57(61)50-24-15-8-16-25-50)53-37-52(46-20-11-6-12-21-46)38-54(39-53)59-40-51(32-33-65-59)48-30-28-47(29-31-48)45-18-9-5-10-19-45;/h5-38,40-41H,4H2,1-3H3;/q-2;+2/i2D3;. The molecule has 9 aromatic carbocycles. The predicted octanol–water partition coefficient (Wildman–Crippen LogP) is 16.6. The Balaban J connectivity index is 0.00000596. The number of nitrogens with zero attached hydrogens (tertiary/aromatic N) is 3. The number of imidazole rings is 1. The van der Waals surface area contributed by atoms with E-state index in [0.717, 1.165) is 100 Å². The van der Waals surface area contributed by atoms with Gasteiger partial charge in [-0.15, -0.1) is 23.8 Å². The van der Waals surface area contributed by atoms with Gasteiger partial charge in [0.25, 0.3) is 0 Å². The first kappa shape index (κ1) is 41.3. The summed E-state index contributed by atoms with van der Waals surface area (Å²) in [5.74, 6) is 1.21. The molecule has 4 nitrogen and oxygen atoms in total. The monoisotopic (exact) mass is 1070 g/mol. The van der Waals surface area contributed by atoms with E-state index in [0.29, 0.717) is 17.1 Å². The number of hydrogen-bond acceptors (Lipinski definition) is 3. The van der Waals surface area contributed by atoms with Crippen molar-refractivity contribution in [3.05, 3.63) is 248 Å². The number of aryl methyl sites for hydroxylation is 3. The molecule has 0 N–H and O–H groups in total. The van der Waals surface area contributed by atoms with Gasteiger partial charge in [-0.25, -0.2) is 4.98 Å². The van der Waals surface area contributed by atoms with Crippen LogP contribution in [0.2, 0.25) is 0 Å². The molecular weight excluding hydrogens is 1020 g/mol. The maximum atomic E-state index is 8.83. The first-order valence-corrected chi connectivity index (χ1v) is 22.7. The second-order valence-corrected chi connectivity index (χ2v) is 17.1. The van der Waals surface area contributed by atoms with E-state index in [-0.39, 0.29) is 26.6 Å². The van der Waals surface area contributed by atoms with Crippen molar-refractivity contribution in [2.75, 3.05) is 0 Å². The minimum Gasteiger partial charge on any atom is -0.665 e. The van der Waals surface area contributed by atoms with Gasteiger partial charge in [0.2, 0.25) is 0 Å². The molecule has 2 heterocycles. The van der Waals surface area contributed by atoms with Gasteiger partial charge in [-0.3, -0.25) is 9.55 Å². The minimum atomic E-state index is -2.42. The van der Waals surface area contributed by atoms with Crippen LogP contribution in [0.15, 0.2) is 219 Å². The molecule has 69 heavy (non-hydrogen) atoms. The quantitative estimate of drug-likeness (QED) is 0.128. The summed E-state index contributed by atoms with van der Waals surface area (Å²) in [6.07, 6.45) is 1.87. The third kappa shape index (κ3) is 8.77. The number of fused-ring (bicyclic) bond motifs is 1. The first-order valence-electron chi connectivity index (χ1n) is 24.2. The largest absolute Gasteiger partial charge is 2.00 e. The molecule has 2 aromatic heterocycles. The number of benzene rings is 9. The molecule has 0 aliphatic rings. The smallest absolute Gasteiger partial charge is 0.665 e. The number of hydrogen-bond donors (Lipinski definition) is 0. The third-order valence-corrected chi connectivity index (χ3v) is 12.7. The second-order valence-electron chi connectivity index (χ2n) is 17.1. The normalized spacial score (nSPS) is 11.9. The summed E-state index contributed by atoms with van der Waals surface area (Å²) in [5, 5.41) is 0. The van der Waals surface area contributed by atoms with Gasteiger partial charge in [-0.1, -0.05) is 187 Å². The van der Waals surface area contributed by atoms with Crippen molar-refractivity contribution in [2.24, 2.45) is 0 Å². The van der Waals surface area contributed by atoms with Crippen LogP contribution in [-0.4, -0.2) is 14.5 Å². The van der Waals surface area contributed by atoms with E-state index < -0.39 is 6.85 Å². The van der Waals surface area contributed by atoms with Crippen molar-refractivity contribution in [3.8, 4) is 101 Å². The van der Waals surface area contributed by atoms with Crippen molar-refractivity contribution < 1.29 is 29.9 Å². The van der Waals surface area contributed by atoms with Gasteiger partial charge in [-0.05, 0) is 112 Å². The molecule has 334 valence electrons. The van der Waals surface area contributed by atoms with Crippen LogP contribution >= 0.6 is 0 Å². The van der Waals surface area contributed by atoms with Crippen molar-refractivity contribution >= 4 is 11.0 Å². The number of rotatable bonds is 10. The van der Waals surface area contributed by atoms with Crippen molar-refractivity contribution in [3.63, 3.8) is 0 Å². The number of pyridine rings is 1. The number of para-hydroxylation sites is 1. The molecule has 0 saturated heterocycles. The van der Waals surface area contributed by atoms with Crippen LogP contribution in [0.4, 0.5) is 0 Å². The predicted molar refractivity (Wildman–Crippen MR) is 281 cm³/mol. The summed E-state index contributed by atoms with van der Waals surface area (Å²) in [5.41, 5.74) is 18.1. The van der Waals surface area contributed by atoms with E-state index in [1.807, 2.05) is 104 Å². The Bertz CT molecular complexity index is 3730. The summed E-state index contributed by atoms with van der Waals surface area (Å²) < 4.78 is 34.6. The fourth-order valence-electron chi connectivity index (χ4n) is 9.43. The Kier molecular flexibility index (Phi) is 11.6. The average molecular weight is 1070 g/mol. The fourth-order valence-corrected chi connectivity index (χ4v) is 9.43. The molecule has 5 heteroatoms. The third-order valence-electron chi connectivity index (χ3n) is 12.7. The topological polar surface area (TPSA) is 39.9 Å². The first-order chi connectivity index (χ1) is 34.6. The molecule has 0 aliphatic carbocycles. The van der Waals surface area contributed by atoms with Gasteiger partial charge in [0.15, 0.2) is 0 Å². The molecule has 0 aliphatic heterocycles. The summed E-state index contributed by atoms with van der Waals surface area (Å²) in [7, 11) is 3.92. The van der Waals surface area contributed by atoms with Crippen LogP contribution in [0.1, 0.15) is 20.8 Å². The van der Waals surface area contributed by atoms with Crippen LogP contribution in [0, 0.1) is 33.9 Å². The van der Waals surface area contributed by atoms with Gasteiger partial charge in [0, 0.05) is 21.6 Å². The van der Waals surface area contributed by atoms with E-state index in [2.05, 4.69) is 146 Å². The Hall–Kier alpha value is -7.91. The van der Waals surface area contributed by atoms with Gasteiger partial charge in [0.1, 0.15) is 5.82 Å². The molecule has 0 unspecified atom stereocenters. The van der Waals surface area contributed by atoms with Crippen LogP contribution in [-0.2, 0) is 21.1 Å². The van der Waals surface area contributed by atoms with Crippen molar-refractivity contribution in [2.45, 2.75) is 20.7 Å². The molecule has 0 bridgehead atoms. The van der Waals surface area contributed by atoms with E-state index in [1.54, 1.807) is 0 Å². The number of ether oxygens (including phenoxy) is 1. The molecule has 0 amide bonds. The molecule has 0 fully saturated rings. The van der Waals surface area contributed by atoms with Crippen LogP contribution in [0.5, 0.6) is 5.75 Å². The van der Waals surface area contributed by atoms with Crippen LogP contribution in [0.25, 0.3) is 106 Å². The van der Waals surface area contributed by atoms with E-state index in [1.165, 1.54) is 5.56 Å². The maximum Gasteiger partial charge on any atom is 2.00 e. The molecule has 11 aromatic rings. The Morgan fingerprint density at radius 2 is 1.07 bits per heavy atom. The zero-order valence-corrected chi connectivity index (χ0v) is 40.3. The summed E-state index contributed by atoms with van der Waals surface area (Å²) >= 11 is 0. The average Bonchev–Trinajstić information content (AvgIpc) is 3.81. The molecule has 0 saturated carbocycles. The SMILES string of the molecule is [2H]C([2H])([2H])c1cc(-c2ccccc2)c(-n2c(-c3cc(C)cc(C)c3O[CH2-])nc3c(-c4[c-]c(-c5cc(-c6ccc(-c7ccccc7)cc6)ccn5)cc(-c5ccccc5)c4)cccc32)cc1-c1ccccc1.[Pt+2]. The second kappa shape index (κ2) is 19.4. The molecule has 0 spiro atoms. The van der Waals surface area contributed by atoms with Crippen molar-refractivity contribution in [1.82, 2.24) is 14.5 Å². The van der Waals surface area contributed by atoms with Gasteiger partial charge in [0.05, 0.1) is 28.0 Å². The van der Waals surface area contributed by atoms with Crippen LogP contribution in [0.3, 0.4) is 0 Å². The van der Waals surface area contributed by atoms with Gasteiger partial charge < -0.3 is 4.74 Å². The van der Waals surface area contributed by atoms with E-state index >= 15 is 0 Å². The summed E-state index contributed by atoms with van der Waals surface area (Å²) in [6.45, 7) is 1.66. The zero-order chi connectivity index (χ0) is 48.6. The Morgan fingerprint density at radius 1 is 0.493 bits per heavy atom. The minimum absolute atomic E-state index is 0. The molecule has 0 radical (unpaired) electrons. The van der Waals surface area contributed by atoms with Crippen molar-refractivity contribution in [1.29, 1.82) is 0 Å².